The zero-order chi connectivity index (χ0) is 14.3. The molecule has 0 heterocycles. The van der Waals surface area contributed by atoms with E-state index in [1.54, 1.807) is 12.1 Å². The third-order valence-electron chi connectivity index (χ3n) is 2.89. The molecule has 0 saturated carbocycles. The number of carbonyl (C=O) groups is 1. The summed E-state index contributed by atoms with van der Waals surface area (Å²) in [5.41, 5.74) is 0.957. The van der Waals surface area contributed by atoms with Crippen LogP contribution in [0.4, 0.5) is 4.39 Å². The Morgan fingerprint density at radius 3 is 2.58 bits per heavy atom. The van der Waals surface area contributed by atoms with Crippen molar-refractivity contribution in [2.75, 3.05) is 0 Å². The molecule has 4 heteroatoms. The molecule has 1 aromatic carbocycles. The minimum atomic E-state index is -0.583. The lowest BCUT2D eigenvalue weighted by Crippen LogP contribution is -2.38. The van der Waals surface area contributed by atoms with Gasteiger partial charge in [-0.3, -0.25) is 4.79 Å². The highest BCUT2D eigenvalue weighted by Gasteiger charge is 2.18. The Balaban J connectivity index is 2.50. The van der Waals surface area contributed by atoms with E-state index in [4.69, 9.17) is 5.26 Å². The normalized spacial score (nSPS) is 13.4. The fourth-order valence-corrected chi connectivity index (χ4v) is 1.91. The van der Waals surface area contributed by atoms with Crippen LogP contribution in [0.1, 0.15) is 32.3 Å². The van der Waals surface area contributed by atoms with E-state index >= 15 is 0 Å². The molecule has 2 atom stereocenters. The summed E-state index contributed by atoms with van der Waals surface area (Å²) in [4.78, 5) is 11.8. The number of hydrogen-bond donors (Lipinski definition) is 1. The van der Waals surface area contributed by atoms with Gasteiger partial charge in [0.1, 0.15) is 11.7 Å². The molecule has 0 spiro atoms. The molecule has 0 aliphatic rings. The molecule has 0 radical (unpaired) electrons. The van der Waals surface area contributed by atoms with Gasteiger partial charge in [-0.15, -0.1) is 0 Å². The van der Waals surface area contributed by atoms with Crippen LogP contribution in [0.3, 0.4) is 0 Å². The minimum Gasteiger partial charge on any atom is -0.352 e. The second kappa shape index (κ2) is 7.52. The number of amides is 1. The largest absolute Gasteiger partial charge is 0.352 e. The molecule has 0 aromatic heterocycles. The van der Waals surface area contributed by atoms with E-state index < -0.39 is 5.92 Å². The van der Waals surface area contributed by atoms with Gasteiger partial charge in [0, 0.05) is 6.04 Å². The predicted molar refractivity (Wildman–Crippen MR) is 71.7 cm³/mol. The summed E-state index contributed by atoms with van der Waals surface area (Å²) >= 11 is 0. The number of carbonyl (C=O) groups excluding carboxylic acids is 1. The second-order valence-electron chi connectivity index (χ2n) is 4.71. The van der Waals surface area contributed by atoms with Gasteiger partial charge in [-0.1, -0.05) is 25.5 Å². The van der Waals surface area contributed by atoms with Crippen LogP contribution < -0.4 is 5.32 Å². The van der Waals surface area contributed by atoms with E-state index in [9.17, 15) is 9.18 Å². The van der Waals surface area contributed by atoms with Crippen LogP contribution in [-0.4, -0.2) is 11.9 Å². The van der Waals surface area contributed by atoms with Crippen molar-refractivity contribution in [1.82, 2.24) is 5.32 Å². The van der Waals surface area contributed by atoms with Crippen molar-refractivity contribution in [2.24, 2.45) is 5.92 Å². The first-order valence-electron chi connectivity index (χ1n) is 6.51. The van der Waals surface area contributed by atoms with E-state index in [0.29, 0.717) is 12.8 Å². The third-order valence-corrected chi connectivity index (χ3v) is 2.89. The van der Waals surface area contributed by atoms with E-state index in [0.717, 1.165) is 12.0 Å². The second-order valence-corrected chi connectivity index (χ2v) is 4.71. The Bertz CT molecular complexity index is 450. The molecule has 1 N–H and O–H groups in total. The highest BCUT2D eigenvalue weighted by atomic mass is 19.1. The standard InChI is InChI=1S/C15H19FN2O/c1-3-4-13(10-17)15(19)18-11(2)9-12-5-7-14(16)8-6-12/h5-8,11,13H,3-4,9H2,1-2H3,(H,18,19). The molecule has 19 heavy (non-hydrogen) atoms. The van der Waals surface area contributed by atoms with Crippen molar-refractivity contribution in [3.8, 4) is 6.07 Å². The summed E-state index contributed by atoms with van der Waals surface area (Å²) in [5, 5.41) is 11.7. The first-order chi connectivity index (χ1) is 9.06. The van der Waals surface area contributed by atoms with Crippen LogP contribution in [0.5, 0.6) is 0 Å². The average Bonchev–Trinajstić information content (AvgIpc) is 2.38. The van der Waals surface area contributed by atoms with Crippen molar-refractivity contribution in [3.63, 3.8) is 0 Å². The smallest absolute Gasteiger partial charge is 0.237 e. The van der Waals surface area contributed by atoms with Crippen LogP contribution in [0.2, 0.25) is 0 Å². The lowest BCUT2D eigenvalue weighted by molar-refractivity contribution is -0.124. The van der Waals surface area contributed by atoms with E-state index in [1.165, 1.54) is 12.1 Å². The van der Waals surface area contributed by atoms with Gasteiger partial charge in [0.05, 0.1) is 6.07 Å². The number of benzene rings is 1. The predicted octanol–water partition coefficient (Wildman–Crippen LogP) is 2.81. The number of nitrogens with zero attached hydrogens (tertiary/aromatic N) is 1. The maximum absolute atomic E-state index is 12.8. The fourth-order valence-electron chi connectivity index (χ4n) is 1.91. The van der Waals surface area contributed by atoms with Gasteiger partial charge < -0.3 is 5.32 Å². The summed E-state index contributed by atoms with van der Waals surface area (Å²) in [7, 11) is 0. The number of nitriles is 1. The SMILES string of the molecule is CCCC(C#N)C(=O)NC(C)Cc1ccc(F)cc1. The molecule has 0 aliphatic heterocycles. The van der Waals surface area contributed by atoms with Crippen LogP contribution in [0, 0.1) is 23.1 Å². The molecule has 2 unspecified atom stereocenters. The molecular formula is C15H19FN2O. The minimum absolute atomic E-state index is 0.0781. The Morgan fingerprint density at radius 1 is 1.42 bits per heavy atom. The van der Waals surface area contributed by atoms with Gasteiger partial charge >= 0.3 is 0 Å². The lowest BCUT2D eigenvalue weighted by Gasteiger charge is -2.16. The van der Waals surface area contributed by atoms with Gasteiger partial charge in [-0.2, -0.15) is 5.26 Å². The Hall–Kier alpha value is -1.89. The number of halogens is 1. The zero-order valence-electron chi connectivity index (χ0n) is 11.3. The number of rotatable bonds is 6. The third kappa shape index (κ3) is 5.09. The molecule has 3 nitrogen and oxygen atoms in total. The van der Waals surface area contributed by atoms with Crippen molar-refractivity contribution in [2.45, 2.75) is 39.2 Å². The number of nitrogens with one attached hydrogen (secondary N) is 1. The van der Waals surface area contributed by atoms with Gasteiger partial charge in [0.25, 0.3) is 0 Å². The fraction of sp³-hybridized carbons (Fsp3) is 0.467. The molecule has 102 valence electrons. The Kier molecular flexibility index (Phi) is 6.01. The van der Waals surface area contributed by atoms with Crippen LogP contribution >= 0.6 is 0 Å². The average molecular weight is 262 g/mol. The first kappa shape index (κ1) is 15.2. The lowest BCUT2D eigenvalue weighted by atomic mass is 10.0. The molecule has 1 amide bonds. The Morgan fingerprint density at radius 2 is 2.05 bits per heavy atom. The maximum atomic E-state index is 12.8. The molecule has 0 bridgehead atoms. The molecule has 0 fully saturated rings. The van der Waals surface area contributed by atoms with Gasteiger partial charge in [0.2, 0.25) is 5.91 Å². The van der Waals surface area contributed by atoms with Crippen LogP contribution in [0.25, 0.3) is 0 Å². The maximum Gasteiger partial charge on any atom is 0.237 e. The van der Waals surface area contributed by atoms with E-state index in [1.807, 2.05) is 19.9 Å². The van der Waals surface area contributed by atoms with E-state index in [2.05, 4.69) is 5.32 Å². The highest BCUT2D eigenvalue weighted by Crippen LogP contribution is 2.08. The summed E-state index contributed by atoms with van der Waals surface area (Å²) < 4.78 is 12.8. The quantitative estimate of drug-likeness (QED) is 0.857. The van der Waals surface area contributed by atoms with Crippen molar-refractivity contribution < 1.29 is 9.18 Å². The zero-order valence-corrected chi connectivity index (χ0v) is 11.3. The topological polar surface area (TPSA) is 52.9 Å². The van der Waals surface area contributed by atoms with Crippen molar-refractivity contribution in [1.29, 1.82) is 5.26 Å². The van der Waals surface area contributed by atoms with Crippen LogP contribution in [-0.2, 0) is 11.2 Å². The van der Waals surface area contributed by atoms with Gasteiger partial charge in [0.15, 0.2) is 0 Å². The van der Waals surface area contributed by atoms with Gasteiger partial charge in [-0.25, -0.2) is 4.39 Å². The number of hydrogen-bond acceptors (Lipinski definition) is 2. The summed E-state index contributed by atoms with van der Waals surface area (Å²) in [6.45, 7) is 3.82. The summed E-state index contributed by atoms with van der Waals surface area (Å²) in [5.74, 6) is -1.08. The monoisotopic (exact) mass is 262 g/mol. The molecule has 0 aliphatic carbocycles. The summed E-state index contributed by atoms with van der Waals surface area (Å²) in [6, 6.07) is 8.14. The highest BCUT2D eigenvalue weighted by molar-refractivity contribution is 5.81. The molecule has 1 rings (SSSR count). The first-order valence-corrected chi connectivity index (χ1v) is 6.51. The van der Waals surface area contributed by atoms with Gasteiger partial charge in [-0.05, 0) is 37.5 Å². The summed E-state index contributed by atoms with van der Waals surface area (Å²) in [6.07, 6.45) is 2.00. The van der Waals surface area contributed by atoms with Crippen molar-refractivity contribution in [3.05, 3.63) is 35.6 Å². The molecule has 1 aromatic rings. The van der Waals surface area contributed by atoms with Crippen molar-refractivity contribution >= 4 is 5.91 Å². The molecule has 0 saturated heterocycles. The Labute approximate surface area is 113 Å². The molecular weight excluding hydrogens is 243 g/mol. The van der Waals surface area contributed by atoms with E-state index in [-0.39, 0.29) is 17.8 Å². The van der Waals surface area contributed by atoms with Crippen LogP contribution in [0.15, 0.2) is 24.3 Å².